The Morgan fingerprint density at radius 1 is 1.43 bits per heavy atom. The van der Waals surface area contributed by atoms with Crippen LogP contribution in [-0.4, -0.2) is 27.1 Å². The number of aromatic nitrogens is 3. The van der Waals surface area contributed by atoms with E-state index in [4.69, 9.17) is 0 Å². The molecule has 0 saturated heterocycles. The molecule has 0 bridgehead atoms. The van der Waals surface area contributed by atoms with Crippen molar-refractivity contribution in [1.29, 1.82) is 0 Å². The lowest BCUT2D eigenvalue weighted by molar-refractivity contribution is 0.421. The molecule has 0 atom stereocenters. The van der Waals surface area contributed by atoms with E-state index in [9.17, 15) is 0 Å². The number of rotatable bonds is 4. The highest BCUT2D eigenvalue weighted by Gasteiger charge is 2.07. The van der Waals surface area contributed by atoms with E-state index in [1.807, 2.05) is 17.9 Å². The predicted octanol–water partition coefficient (Wildman–Crippen LogP) is 1.14. The monoisotopic (exact) mass is 196 g/mol. The van der Waals surface area contributed by atoms with Gasteiger partial charge < -0.3 is 5.32 Å². The lowest BCUT2D eigenvalue weighted by atomic mass is 10.1. The number of nitrogens with one attached hydrogen (secondary N) is 1. The van der Waals surface area contributed by atoms with Crippen LogP contribution in [0.3, 0.4) is 0 Å². The van der Waals surface area contributed by atoms with Gasteiger partial charge in [-0.25, -0.2) is 0 Å². The molecule has 0 aliphatic heterocycles. The van der Waals surface area contributed by atoms with Crippen molar-refractivity contribution in [2.24, 2.45) is 7.05 Å². The first kappa shape index (κ1) is 11.2. The molecule has 0 aromatic carbocycles. The van der Waals surface area contributed by atoms with Crippen molar-refractivity contribution >= 4 is 0 Å². The molecule has 1 rings (SSSR count). The molecule has 1 aromatic rings. The van der Waals surface area contributed by atoms with Gasteiger partial charge in [-0.3, -0.25) is 4.68 Å². The zero-order valence-corrected chi connectivity index (χ0v) is 9.54. The Hall–Kier alpha value is -0.900. The van der Waals surface area contributed by atoms with Crippen LogP contribution in [0.5, 0.6) is 0 Å². The number of aryl methyl sites for hydroxylation is 2. The SMILES string of the molecule is Cn1nncc1CCCNC(C)(C)C. The second-order valence-electron chi connectivity index (χ2n) is 4.63. The smallest absolute Gasteiger partial charge is 0.0724 e. The summed E-state index contributed by atoms with van der Waals surface area (Å²) in [6.45, 7) is 7.57. The fourth-order valence-corrected chi connectivity index (χ4v) is 1.27. The van der Waals surface area contributed by atoms with Crippen molar-refractivity contribution in [1.82, 2.24) is 20.3 Å². The van der Waals surface area contributed by atoms with Gasteiger partial charge in [-0.15, -0.1) is 5.10 Å². The van der Waals surface area contributed by atoms with E-state index in [2.05, 4.69) is 36.4 Å². The van der Waals surface area contributed by atoms with E-state index < -0.39 is 0 Å². The predicted molar refractivity (Wildman–Crippen MR) is 57.1 cm³/mol. The van der Waals surface area contributed by atoms with Gasteiger partial charge in [0, 0.05) is 12.6 Å². The Bertz CT molecular complexity index is 272. The van der Waals surface area contributed by atoms with Gasteiger partial charge >= 0.3 is 0 Å². The van der Waals surface area contributed by atoms with Gasteiger partial charge in [0.15, 0.2) is 0 Å². The summed E-state index contributed by atoms with van der Waals surface area (Å²) in [5.41, 5.74) is 1.41. The van der Waals surface area contributed by atoms with Gasteiger partial charge in [0.2, 0.25) is 0 Å². The Balaban J connectivity index is 2.20. The lowest BCUT2D eigenvalue weighted by Gasteiger charge is -2.20. The van der Waals surface area contributed by atoms with Crippen molar-refractivity contribution in [2.45, 2.75) is 39.2 Å². The van der Waals surface area contributed by atoms with E-state index in [0.717, 1.165) is 19.4 Å². The zero-order valence-electron chi connectivity index (χ0n) is 9.54. The Labute approximate surface area is 85.7 Å². The van der Waals surface area contributed by atoms with Crippen LogP contribution in [0, 0.1) is 0 Å². The van der Waals surface area contributed by atoms with E-state index in [1.54, 1.807) is 0 Å². The van der Waals surface area contributed by atoms with Crippen LogP contribution in [0.4, 0.5) is 0 Å². The number of hydrogen-bond acceptors (Lipinski definition) is 3. The lowest BCUT2D eigenvalue weighted by Crippen LogP contribution is -2.36. The van der Waals surface area contributed by atoms with E-state index in [-0.39, 0.29) is 5.54 Å². The molecule has 1 heterocycles. The van der Waals surface area contributed by atoms with Crippen molar-refractivity contribution in [2.75, 3.05) is 6.54 Å². The van der Waals surface area contributed by atoms with E-state index in [0.29, 0.717) is 0 Å². The molecule has 4 nitrogen and oxygen atoms in total. The van der Waals surface area contributed by atoms with E-state index in [1.165, 1.54) is 5.69 Å². The second kappa shape index (κ2) is 4.55. The molecule has 0 radical (unpaired) electrons. The van der Waals surface area contributed by atoms with Gasteiger partial charge in [-0.05, 0) is 40.2 Å². The minimum atomic E-state index is 0.213. The summed E-state index contributed by atoms with van der Waals surface area (Å²) in [7, 11) is 1.93. The maximum absolute atomic E-state index is 3.89. The molecule has 0 spiro atoms. The molecule has 0 saturated carbocycles. The highest BCUT2D eigenvalue weighted by Crippen LogP contribution is 2.01. The Morgan fingerprint density at radius 2 is 2.14 bits per heavy atom. The van der Waals surface area contributed by atoms with Gasteiger partial charge in [0.05, 0.1) is 11.9 Å². The molecule has 0 unspecified atom stereocenters. The highest BCUT2D eigenvalue weighted by atomic mass is 15.4. The van der Waals surface area contributed by atoms with Gasteiger partial charge in [0.25, 0.3) is 0 Å². The Kier molecular flexibility index (Phi) is 3.63. The summed E-state index contributed by atoms with van der Waals surface area (Å²) in [6.07, 6.45) is 3.99. The summed E-state index contributed by atoms with van der Waals surface area (Å²) in [4.78, 5) is 0. The maximum atomic E-state index is 3.89. The summed E-state index contributed by atoms with van der Waals surface area (Å²) in [5, 5.41) is 11.2. The molecule has 0 aliphatic rings. The summed E-state index contributed by atoms with van der Waals surface area (Å²) in [6, 6.07) is 0. The topological polar surface area (TPSA) is 42.7 Å². The zero-order chi connectivity index (χ0) is 10.6. The normalized spacial score (nSPS) is 12.0. The van der Waals surface area contributed by atoms with Crippen LogP contribution in [0.1, 0.15) is 32.9 Å². The fourth-order valence-electron chi connectivity index (χ4n) is 1.27. The molecule has 0 fully saturated rings. The molecule has 0 amide bonds. The number of hydrogen-bond donors (Lipinski definition) is 1. The van der Waals surface area contributed by atoms with Crippen LogP contribution < -0.4 is 5.32 Å². The molecular formula is C10H20N4. The second-order valence-corrected chi connectivity index (χ2v) is 4.63. The van der Waals surface area contributed by atoms with Crippen LogP contribution in [0.2, 0.25) is 0 Å². The van der Waals surface area contributed by atoms with Crippen LogP contribution in [0.15, 0.2) is 6.20 Å². The molecule has 4 heteroatoms. The first-order valence-corrected chi connectivity index (χ1v) is 5.07. The third kappa shape index (κ3) is 3.87. The number of nitrogens with zero attached hydrogens (tertiary/aromatic N) is 3. The van der Waals surface area contributed by atoms with E-state index >= 15 is 0 Å². The van der Waals surface area contributed by atoms with Crippen LogP contribution in [-0.2, 0) is 13.5 Å². The molecule has 1 aromatic heterocycles. The minimum Gasteiger partial charge on any atom is -0.312 e. The highest BCUT2D eigenvalue weighted by molar-refractivity contribution is 4.93. The minimum absolute atomic E-state index is 0.213. The largest absolute Gasteiger partial charge is 0.312 e. The molecule has 14 heavy (non-hydrogen) atoms. The summed E-state index contributed by atoms with van der Waals surface area (Å²) >= 11 is 0. The first-order valence-electron chi connectivity index (χ1n) is 5.07. The van der Waals surface area contributed by atoms with Gasteiger partial charge in [-0.1, -0.05) is 5.21 Å². The summed E-state index contributed by atoms with van der Waals surface area (Å²) in [5.74, 6) is 0. The van der Waals surface area contributed by atoms with Crippen molar-refractivity contribution in [3.8, 4) is 0 Å². The van der Waals surface area contributed by atoms with Crippen LogP contribution in [0.25, 0.3) is 0 Å². The first-order chi connectivity index (χ1) is 6.49. The van der Waals surface area contributed by atoms with Crippen molar-refractivity contribution < 1.29 is 0 Å². The molecular weight excluding hydrogens is 176 g/mol. The van der Waals surface area contributed by atoms with Crippen LogP contribution >= 0.6 is 0 Å². The summed E-state index contributed by atoms with van der Waals surface area (Å²) < 4.78 is 1.83. The van der Waals surface area contributed by atoms with Crippen molar-refractivity contribution in [3.63, 3.8) is 0 Å². The molecule has 0 aliphatic carbocycles. The van der Waals surface area contributed by atoms with Crippen molar-refractivity contribution in [3.05, 3.63) is 11.9 Å². The quantitative estimate of drug-likeness (QED) is 0.734. The molecule has 80 valence electrons. The van der Waals surface area contributed by atoms with Gasteiger partial charge in [-0.2, -0.15) is 0 Å². The third-order valence-corrected chi connectivity index (χ3v) is 2.07. The average molecular weight is 196 g/mol. The third-order valence-electron chi connectivity index (χ3n) is 2.07. The Morgan fingerprint density at radius 3 is 2.64 bits per heavy atom. The molecule has 1 N–H and O–H groups in total. The standard InChI is InChI=1S/C10H20N4/c1-10(2,3)11-7-5-6-9-8-12-13-14(9)4/h8,11H,5-7H2,1-4H3. The fraction of sp³-hybridized carbons (Fsp3) is 0.800. The average Bonchev–Trinajstić information content (AvgIpc) is 2.44. The maximum Gasteiger partial charge on any atom is 0.0724 e. The van der Waals surface area contributed by atoms with Gasteiger partial charge in [0.1, 0.15) is 0 Å².